The Bertz CT molecular complexity index is 334. The van der Waals surface area contributed by atoms with Crippen LogP contribution in [0.5, 0.6) is 0 Å². The molecule has 0 radical (unpaired) electrons. The molecule has 2 rings (SSSR count). The van der Waals surface area contributed by atoms with E-state index in [1.54, 1.807) is 0 Å². The maximum atomic E-state index is 3.36. The van der Waals surface area contributed by atoms with Crippen LogP contribution in [0, 0.1) is 0 Å². The molecule has 0 aliphatic carbocycles. The predicted octanol–water partition coefficient (Wildman–Crippen LogP) is 3.21. The SMILES string of the molecule is CCC(c1ccccc1)N1CCCCC1CNC. The Kier molecular flexibility index (Phi) is 5.21. The number of nitrogens with one attached hydrogen (secondary N) is 1. The highest BCUT2D eigenvalue weighted by Gasteiger charge is 2.28. The summed E-state index contributed by atoms with van der Waals surface area (Å²) in [5.41, 5.74) is 1.48. The molecule has 0 bridgehead atoms. The fourth-order valence-electron chi connectivity index (χ4n) is 3.22. The molecule has 0 amide bonds. The van der Waals surface area contributed by atoms with Crippen molar-refractivity contribution in [2.75, 3.05) is 20.1 Å². The van der Waals surface area contributed by atoms with E-state index in [4.69, 9.17) is 0 Å². The summed E-state index contributed by atoms with van der Waals surface area (Å²) in [6.07, 6.45) is 5.27. The second-order valence-corrected chi connectivity index (χ2v) is 5.28. The number of likely N-dealkylation sites (N-methyl/N-ethyl adjacent to an activating group) is 1. The minimum atomic E-state index is 0.588. The van der Waals surface area contributed by atoms with Crippen LogP contribution >= 0.6 is 0 Å². The first kappa shape index (κ1) is 13.6. The van der Waals surface area contributed by atoms with E-state index in [0.717, 1.165) is 6.54 Å². The lowest BCUT2D eigenvalue weighted by Gasteiger charge is -2.41. The summed E-state index contributed by atoms with van der Waals surface area (Å²) in [6.45, 7) is 4.67. The van der Waals surface area contributed by atoms with E-state index < -0.39 is 0 Å². The van der Waals surface area contributed by atoms with Gasteiger partial charge in [0.1, 0.15) is 0 Å². The van der Waals surface area contributed by atoms with E-state index >= 15 is 0 Å². The molecule has 1 N–H and O–H groups in total. The lowest BCUT2D eigenvalue weighted by Crippen LogP contribution is -2.46. The van der Waals surface area contributed by atoms with Crippen molar-refractivity contribution in [3.8, 4) is 0 Å². The van der Waals surface area contributed by atoms with Gasteiger partial charge >= 0.3 is 0 Å². The second kappa shape index (κ2) is 6.91. The van der Waals surface area contributed by atoms with Gasteiger partial charge in [-0.2, -0.15) is 0 Å². The molecule has 2 heteroatoms. The third-order valence-electron chi connectivity index (χ3n) is 4.08. The van der Waals surface area contributed by atoms with Gasteiger partial charge < -0.3 is 5.32 Å². The molecule has 1 fully saturated rings. The highest BCUT2D eigenvalue weighted by Crippen LogP contribution is 2.30. The van der Waals surface area contributed by atoms with Crippen LogP contribution in [0.4, 0.5) is 0 Å². The summed E-state index contributed by atoms with van der Waals surface area (Å²) >= 11 is 0. The number of hydrogen-bond donors (Lipinski definition) is 1. The van der Waals surface area contributed by atoms with Gasteiger partial charge in [0.25, 0.3) is 0 Å². The summed E-state index contributed by atoms with van der Waals surface area (Å²) in [6, 6.07) is 12.3. The maximum absolute atomic E-state index is 3.36. The molecular weight excluding hydrogens is 220 g/mol. The number of nitrogens with zero attached hydrogens (tertiary/aromatic N) is 1. The Balaban J connectivity index is 2.14. The summed E-state index contributed by atoms with van der Waals surface area (Å²) in [5, 5.41) is 3.36. The Labute approximate surface area is 111 Å². The largest absolute Gasteiger partial charge is 0.318 e. The highest BCUT2D eigenvalue weighted by molar-refractivity contribution is 5.19. The Morgan fingerprint density at radius 2 is 2.06 bits per heavy atom. The van der Waals surface area contributed by atoms with Crippen molar-refractivity contribution in [2.45, 2.75) is 44.7 Å². The Hall–Kier alpha value is -0.860. The van der Waals surface area contributed by atoms with Gasteiger partial charge in [0.05, 0.1) is 0 Å². The average Bonchev–Trinajstić information content (AvgIpc) is 2.43. The summed E-state index contributed by atoms with van der Waals surface area (Å²) in [7, 11) is 2.07. The highest BCUT2D eigenvalue weighted by atomic mass is 15.2. The molecule has 18 heavy (non-hydrogen) atoms. The number of piperidine rings is 1. The van der Waals surface area contributed by atoms with Gasteiger partial charge in [-0.25, -0.2) is 0 Å². The molecule has 0 aromatic heterocycles. The molecule has 1 heterocycles. The number of likely N-dealkylation sites (tertiary alicyclic amines) is 1. The zero-order valence-corrected chi connectivity index (χ0v) is 11.7. The molecule has 1 saturated heterocycles. The van der Waals surface area contributed by atoms with E-state index in [1.165, 1.54) is 37.8 Å². The van der Waals surface area contributed by atoms with Crippen LogP contribution in [-0.2, 0) is 0 Å². The standard InChI is InChI=1S/C16H26N2/c1-3-16(14-9-5-4-6-10-14)18-12-8-7-11-15(18)13-17-2/h4-6,9-10,15-17H,3,7-8,11-13H2,1-2H3. The molecule has 1 aliphatic heterocycles. The molecule has 2 atom stereocenters. The van der Waals surface area contributed by atoms with E-state index in [2.05, 4.69) is 54.5 Å². The van der Waals surface area contributed by atoms with Crippen LogP contribution in [0.2, 0.25) is 0 Å². The zero-order valence-electron chi connectivity index (χ0n) is 11.7. The van der Waals surface area contributed by atoms with Crippen molar-refractivity contribution in [2.24, 2.45) is 0 Å². The van der Waals surface area contributed by atoms with Crippen molar-refractivity contribution >= 4 is 0 Å². The van der Waals surface area contributed by atoms with E-state index in [-0.39, 0.29) is 0 Å². The predicted molar refractivity (Wildman–Crippen MR) is 77.7 cm³/mol. The molecule has 100 valence electrons. The van der Waals surface area contributed by atoms with Gasteiger partial charge in [0.2, 0.25) is 0 Å². The van der Waals surface area contributed by atoms with Gasteiger partial charge in [-0.1, -0.05) is 43.7 Å². The van der Waals surface area contributed by atoms with Gasteiger partial charge in [-0.15, -0.1) is 0 Å². The van der Waals surface area contributed by atoms with Gasteiger partial charge in [-0.3, -0.25) is 4.90 Å². The zero-order chi connectivity index (χ0) is 12.8. The molecule has 0 saturated carbocycles. The van der Waals surface area contributed by atoms with Crippen molar-refractivity contribution < 1.29 is 0 Å². The van der Waals surface area contributed by atoms with Crippen LogP contribution in [0.3, 0.4) is 0 Å². The fourth-order valence-corrected chi connectivity index (χ4v) is 3.22. The average molecular weight is 246 g/mol. The summed E-state index contributed by atoms with van der Waals surface area (Å²) < 4.78 is 0. The van der Waals surface area contributed by atoms with Gasteiger partial charge in [-0.05, 0) is 38.4 Å². The summed E-state index contributed by atoms with van der Waals surface area (Å²) in [4.78, 5) is 2.72. The molecule has 1 aliphatic rings. The molecule has 2 unspecified atom stereocenters. The fraction of sp³-hybridized carbons (Fsp3) is 0.625. The van der Waals surface area contributed by atoms with Crippen molar-refractivity contribution in [1.29, 1.82) is 0 Å². The first-order valence-electron chi connectivity index (χ1n) is 7.32. The normalized spacial score (nSPS) is 22.9. The van der Waals surface area contributed by atoms with E-state index in [0.29, 0.717) is 12.1 Å². The first-order valence-corrected chi connectivity index (χ1v) is 7.32. The van der Waals surface area contributed by atoms with Crippen LogP contribution in [0.15, 0.2) is 30.3 Å². The number of benzene rings is 1. The van der Waals surface area contributed by atoms with Crippen molar-refractivity contribution in [3.05, 3.63) is 35.9 Å². The van der Waals surface area contributed by atoms with Crippen molar-refractivity contribution in [3.63, 3.8) is 0 Å². The van der Waals surface area contributed by atoms with Crippen LogP contribution in [0.25, 0.3) is 0 Å². The van der Waals surface area contributed by atoms with Crippen LogP contribution < -0.4 is 5.32 Å². The first-order chi connectivity index (χ1) is 8.86. The molecule has 1 aromatic rings. The molecule has 1 aromatic carbocycles. The Morgan fingerprint density at radius 3 is 2.72 bits per heavy atom. The lowest BCUT2D eigenvalue weighted by atomic mass is 9.95. The minimum Gasteiger partial charge on any atom is -0.318 e. The summed E-state index contributed by atoms with van der Waals surface area (Å²) in [5.74, 6) is 0. The smallest absolute Gasteiger partial charge is 0.0348 e. The van der Waals surface area contributed by atoms with E-state index in [1.807, 2.05) is 0 Å². The monoisotopic (exact) mass is 246 g/mol. The molecular formula is C16H26N2. The second-order valence-electron chi connectivity index (χ2n) is 5.28. The minimum absolute atomic E-state index is 0.588. The third-order valence-corrected chi connectivity index (χ3v) is 4.08. The maximum Gasteiger partial charge on any atom is 0.0348 e. The lowest BCUT2D eigenvalue weighted by molar-refractivity contribution is 0.0917. The Morgan fingerprint density at radius 1 is 1.28 bits per heavy atom. The van der Waals surface area contributed by atoms with Crippen LogP contribution in [-0.4, -0.2) is 31.1 Å². The van der Waals surface area contributed by atoms with Gasteiger partial charge in [0.15, 0.2) is 0 Å². The topological polar surface area (TPSA) is 15.3 Å². The van der Waals surface area contributed by atoms with Gasteiger partial charge in [0, 0.05) is 18.6 Å². The van der Waals surface area contributed by atoms with E-state index in [9.17, 15) is 0 Å². The van der Waals surface area contributed by atoms with Crippen molar-refractivity contribution in [1.82, 2.24) is 10.2 Å². The number of hydrogen-bond acceptors (Lipinski definition) is 2. The molecule has 0 spiro atoms. The third kappa shape index (κ3) is 3.12. The molecule has 2 nitrogen and oxygen atoms in total. The quantitative estimate of drug-likeness (QED) is 0.858. The number of rotatable bonds is 5. The van der Waals surface area contributed by atoms with Crippen LogP contribution in [0.1, 0.15) is 44.2 Å².